The van der Waals surface area contributed by atoms with Gasteiger partial charge in [0.15, 0.2) is 0 Å². The highest BCUT2D eigenvalue weighted by Gasteiger charge is 2.10. The Kier molecular flexibility index (Phi) is 8.72. The molecule has 0 aromatic rings. The van der Waals surface area contributed by atoms with Crippen molar-refractivity contribution in [1.29, 1.82) is 0 Å². The minimum absolute atomic E-state index is 0.0641. The lowest BCUT2D eigenvalue weighted by atomic mass is 10.3. The van der Waals surface area contributed by atoms with Crippen LogP contribution in [0.3, 0.4) is 0 Å². The summed E-state index contributed by atoms with van der Waals surface area (Å²) in [5, 5.41) is 0. The van der Waals surface area contributed by atoms with Gasteiger partial charge in [-0.05, 0) is 27.2 Å². The minimum atomic E-state index is -0.379. The molecule has 2 atom stereocenters. The summed E-state index contributed by atoms with van der Waals surface area (Å²) < 4.78 is 15.9. The summed E-state index contributed by atoms with van der Waals surface area (Å²) in [5.41, 5.74) is 0.400. The van der Waals surface area contributed by atoms with E-state index in [1.165, 1.54) is 0 Å². The summed E-state index contributed by atoms with van der Waals surface area (Å²) in [6.45, 7) is 12.5. The Morgan fingerprint density at radius 3 is 2.29 bits per heavy atom. The Morgan fingerprint density at radius 1 is 1.18 bits per heavy atom. The number of esters is 1. The average Bonchev–Trinajstić information content (AvgIpc) is 2.30. The van der Waals surface area contributed by atoms with Crippen molar-refractivity contribution in [2.75, 3.05) is 19.8 Å². The molecule has 0 aromatic carbocycles. The molecular weight excluding hydrogens is 220 g/mol. The normalized spacial score (nSPS) is 14.1. The smallest absolute Gasteiger partial charge is 0.333 e. The molecule has 0 N–H and O–H groups in total. The van der Waals surface area contributed by atoms with Crippen LogP contribution >= 0.6 is 0 Å². The molecule has 17 heavy (non-hydrogen) atoms. The SMILES string of the molecule is C=C(C)C(=O)OCC(C)OCC(C)OCCC. The highest BCUT2D eigenvalue weighted by atomic mass is 16.6. The minimum Gasteiger partial charge on any atom is -0.460 e. The maximum Gasteiger partial charge on any atom is 0.333 e. The molecule has 0 bridgehead atoms. The van der Waals surface area contributed by atoms with Gasteiger partial charge in [0.1, 0.15) is 6.61 Å². The number of ether oxygens (including phenoxy) is 3. The monoisotopic (exact) mass is 244 g/mol. The van der Waals surface area contributed by atoms with E-state index in [9.17, 15) is 4.79 Å². The van der Waals surface area contributed by atoms with Gasteiger partial charge in [-0.1, -0.05) is 13.5 Å². The first-order valence-corrected chi connectivity index (χ1v) is 6.03. The first kappa shape index (κ1) is 16.1. The first-order valence-electron chi connectivity index (χ1n) is 6.03. The van der Waals surface area contributed by atoms with Gasteiger partial charge in [0.05, 0.1) is 18.8 Å². The zero-order chi connectivity index (χ0) is 13.3. The van der Waals surface area contributed by atoms with Crippen LogP contribution in [0.4, 0.5) is 0 Å². The van der Waals surface area contributed by atoms with Crippen molar-refractivity contribution in [3.8, 4) is 0 Å². The Morgan fingerprint density at radius 2 is 1.76 bits per heavy atom. The topological polar surface area (TPSA) is 44.8 Å². The van der Waals surface area contributed by atoms with E-state index in [0.717, 1.165) is 13.0 Å². The fourth-order valence-corrected chi connectivity index (χ4v) is 1.03. The summed E-state index contributed by atoms with van der Waals surface area (Å²) in [6.07, 6.45) is 0.927. The maximum absolute atomic E-state index is 11.1. The van der Waals surface area contributed by atoms with Crippen molar-refractivity contribution in [3.05, 3.63) is 12.2 Å². The van der Waals surface area contributed by atoms with Crippen LogP contribution in [0, 0.1) is 0 Å². The molecule has 0 aliphatic heterocycles. The first-order chi connectivity index (χ1) is 7.97. The molecule has 0 saturated heterocycles. The number of hydrogen-bond donors (Lipinski definition) is 0. The third-order valence-corrected chi connectivity index (χ3v) is 2.02. The quantitative estimate of drug-likeness (QED) is 0.461. The summed E-state index contributed by atoms with van der Waals surface area (Å²) in [4.78, 5) is 11.1. The third-order valence-electron chi connectivity index (χ3n) is 2.02. The van der Waals surface area contributed by atoms with Crippen molar-refractivity contribution in [3.63, 3.8) is 0 Å². The van der Waals surface area contributed by atoms with Crippen LogP contribution in [-0.4, -0.2) is 38.0 Å². The fraction of sp³-hybridized carbons (Fsp3) is 0.769. The molecule has 0 aromatic heterocycles. The van der Waals surface area contributed by atoms with E-state index < -0.39 is 0 Å². The second-order valence-electron chi connectivity index (χ2n) is 4.20. The van der Waals surface area contributed by atoms with E-state index in [4.69, 9.17) is 14.2 Å². The lowest BCUT2D eigenvalue weighted by Crippen LogP contribution is -2.24. The molecule has 0 rings (SSSR count). The van der Waals surface area contributed by atoms with Crippen LogP contribution in [0.1, 0.15) is 34.1 Å². The Bertz CT molecular complexity index is 238. The van der Waals surface area contributed by atoms with E-state index in [1.54, 1.807) is 6.92 Å². The predicted octanol–water partition coefficient (Wildman–Crippen LogP) is 2.33. The second kappa shape index (κ2) is 9.19. The predicted molar refractivity (Wildman–Crippen MR) is 66.9 cm³/mol. The lowest BCUT2D eigenvalue weighted by Gasteiger charge is -2.17. The van der Waals surface area contributed by atoms with E-state index in [1.807, 2.05) is 13.8 Å². The van der Waals surface area contributed by atoms with E-state index in [0.29, 0.717) is 12.2 Å². The number of carbonyl (C=O) groups is 1. The molecule has 0 fully saturated rings. The molecule has 0 spiro atoms. The summed E-state index contributed by atoms with van der Waals surface area (Å²) in [7, 11) is 0. The standard InChI is InChI=1S/C13H24O4/c1-6-7-15-11(4)8-16-12(5)9-17-13(14)10(2)3/h11-12H,2,6-9H2,1,3-5H3. The van der Waals surface area contributed by atoms with E-state index in [-0.39, 0.29) is 24.8 Å². The maximum atomic E-state index is 11.1. The number of rotatable bonds is 9. The van der Waals surface area contributed by atoms with Crippen LogP contribution in [0.15, 0.2) is 12.2 Å². The Labute approximate surface area is 104 Å². The molecule has 0 aliphatic carbocycles. The highest BCUT2D eigenvalue weighted by Crippen LogP contribution is 2.00. The van der Waals surface area contributed by atoms with Gasteiger partial charge in [-0.25, -0.2) is 4.79 Å². The van der Waals surface area contributed by atoms with Crippen LogP contribution in [-0.2, 0) is 19.0 Å². The Balaban J connectivity index is 3.61. The van der Waals surface area contributed by atoms with Crippen LogP contribution < -0.4 is 0 Å². The highest BCUT2D eigenvalue weighted by molar-refractivity contribution is 5.86. The van der Waals surface area contributed by atoms with Gasteiger partial charge in [0.25, 0.3) is 0 Å². The largest absolute Gasteiger partial charge is 0.460 e. The van der Waals surface area contributed by atoms with Crippen molar-refractivity contribution in [1.82, 2.24) is 0 Å². The van der Waals surface area contributed by atoms with Gasteiger partial charge in [-0.2, -0.15) is 0 Å². The Hall–Kier alpha value is -0.870. The summed E-state index contributed by atoms with van der Waals surface area (Å²) in [6, 6.07) is 0. The van der Waals surface area contributed by atoms with Gasteiger partial charge < -0.3 is 14.2 Å². The molecule has 0 saturated carbocycles. The van der Waals surface area contributed by atoms with E-state index >= 15 is 0 Å². The van der Waals surface area contributed by atoms with Gasteiger partial charge in [0, 0.05) is 12.2 Å². The molecule has 4 heteroatoms. The third kappa shape index (κ3) is 8.89. The molecular formula is C13H24O4. The van der Waals surface area contributed by atoms with Crippen LogP contribution in [0.2, 0.25) is 0 Å². The average molecular weight is 244 g/mol. The number of carbonyl (C=O) groups excluding carboxylic acids is 1. The molecule has 0 aliphatic rings. The van der Waals surface area contributed by atoms with Crippen molar-refractivity contribution in [2.45, 2.75) is 46.3 Å². The van der Waals surface area contributed by atoms with Crippen LogP contribution in [0.25, 0.3) is 0 Å². The molecule has 0 amide bonds. The van der Waals surface area contributed by atoms with Gasteiger partial charge in [-0.3, -0.25) is 0 Å². The number of hydrogen-bond acceptors (Lipinski definition) is 4. The van der Waals surface area contributed by atoms with Gasteiger partial charge in [0.2, 0.25) is 0 Å². The van der Waals surface area contributed by atoms with E-state index in [2.05, 4.69) is 13.5 Å². The zero-order valence-electron chi connectivity index (χ0n) is 11.3. The molecule has 2 unspecified atom stereocenters. The summed E-state index contributed by atoms with van der Waals surface area (Å²) in [5.74, 6) is -0.379. The van der Waals surface area contributed by atoms with Gasteiger partial charge in [-0.15, -0.1) is 0 Å². The fourth-order valence-electron chi connectivity index (χ4n) is 1.03. The lowest BCUT2D eigenvalue weighted by molar-refractivity contribution is -0.143. The molecule has 0 radical (unpaired) electrons. The summed E-state index contributed by atoms with van der Waals surface area (Å²) >= 11 is 0. The van der Waals surface area contributed by atoms with Crippen molar-refractivity contribution >= 4 is 5.97 Å². The second-order valence-corrected chi connectivity index (χ2v) is 4.20. The zero-order valence-corrected chi connectivity index (χ0v) is 11.3. The van der Waals surface area contributed by atoms with Crippen molar-refractivity contribution in [2.24, 2.45) is 0 Å². The van der Waals surface area contributed by atoms with Gasteiger partial charge >= 0.3 is 5.97 Å². The molecule has 100 valence electrons. The van der Waals surface area contributed by atoms with Crippen LogP contribution in [0.5, 0.6) is 0 Å². The molecule has 4 nitrogen and oxygen atoms in total. The van der Waals surface area contributed by atoms with Crippen molar-refractivity contribution < 1.29 is 19.0 Å². The molecule has 0 heterocycles.